The van der Waals surface area contributed by atoms with E-state index in [2.05, 4.69) is 6.58 Å². The maximum atomic E-state index is 11.7. The molecular formula is C21H28O6. The van der Waals surface area contributed by atoms with E-state index in [0.29, 0.717) is 5.56 Å². The van der Waals surface area contributed by atoms with E-state index in [1.54, 1.807) is 24.3 Å². The number of hydrogen-bond acceptors (Lipinski definition) is 5. The summed E-state index contributed by atoms with van der Waals surface area (Å²) in [5.74, 6) is -2.10. The zero-order chi connectivity index (χ0) is 20.8. The highest BCUT2D eigenvalue weighted by atomic mass is 16.6. The first-order valence-corrected chi connectivity index (χ1v) is 8.70. The molecular weight excluding hydrogens is 348 g/mol. The lowest BCUT2D eigenvalue weighted by molar-refractivity contribution is -0.148. The number of rotatable bonds is 5. The van der Waals surface area contributed by atoms with Crippen LogP contribution >= 0.6 is 0 Å². The molecule has 0 radical (unpaired) electrons. The van der Waals surface area contributed by atoms with Crippen LogP contribution in [0, 0.1) is 17.3 Å². The SMILES string of the molecule is C=CC(=O)OC(C)(C)C.CC1(C)C(COC(=O)c2ccccc2)C1C(=O)O. The van der Waals surface area contributed by atoms with Gasteiger partial charge in [0.05, 0.1) is 18.1 Å². The molecule has 1 aromatic carbocycles. The van der Waals surface area contributed by atoms with Crippen LogP contribution < -0.4 is 0 Å². The summed E-state index contributed by atoms with van der Waals surface area (Å²) >= 11 is 0. The molecule has 2 atom stereocenters. The van der Waals surface area contributed by atoms with Gasteiger partial charge >= 0.3 is 17.9 Å². The highest BCUT2D eigenvalue weighted by molar-refractivity contribution is 5.89. The summed E-state index contributed by atoms with van der Waals surface area (Å²) in [4.78, 5) is 33.1. The van der Waals surface area contributed by atoms with E-state index in [-0.39, 0.29) is 23.9 Å². The van der Waals surface area contributed by atoms with E-state index < -0.39 is 23.5 Å². The molecule has 0 amide bonds. The topological polar surface area (TPSA) is 89.9 Å². The van der Waals surface area contributed by atoms with Gasteiger partial charge in [0, 0.05) is 12.0 Å². The van der Waals surface area contributed by atoms with Gasteiger partial charge in [-0.25, -0.2) is 9.59 Å². The molecule has 1 fully saturated rings. The molecule has 148 valence electrons. The summed E-state index contributed by atoms with van der Waals surface area (Å²) in [6.07, 6.45) is 1.16. The van der Waals surface area contributed by atoms with Crippen LogP contribution in [0.25, 0.3) is 0 Å². The summed E-state index contributed by atoms with van der Waals surface area (Å²) in [5, 5.41) is 9.00. The van der Waals surface area contributed by atoms with E-state index in [4.69, 9.17) is 14.6 Å². The molecule has 1 aliphatic rings. The molecule has 0 spiro atoms. The lowest BCUT2D eigenvalue weighted by atomic mass is 10.1. The molecule has 2 unspecified atom stereocenters. The van der Waals surface area contributed by atoms with E-state index in [9.17, 15) is 14.4 Å². The number of hydrogen-bond donors (Lipinski definition) is 1. The number of aliphatic carboxylic acids is 1. The highest BCUT2D eigenvalue weighted by Gasteiger charge is 2.62. The van der Waals surface area contributed by atoms with Crippen molar-refractivity contribution < 1.29 is 29.0 Å². The number of ether oxygens (including phenoxy) is 2. The third-order valence-electron chi connectivity index (χ3n) is 4.29. The van der Waals surface area contributed by atoms with Crippen molar-refractivity contribution in [2.24, 2.45) is 17.3 Å². The number of carbonyl (C=O) groups excluding carboxylic acids is 2. The minimum atomic E-state index is -0.819. The van der Waals surface area contributed by atoms with Gasteiger partial charge < -0.3 is 14.6 Å². The van der Waals surface area contributed by atoms with Crippen LogP contribution in [0.2, 0.25) is 0 Å². The molecule has 1 saturated carbocycles. The predicted octanol–water partition coefficient (Wildman–Crippen LogP) is 3.71. The van der Waals surface area contributed by atoms with Gasteiger partial charge in [-0.2, -0.15) is 0 Å². The second-order valence-corrected chi connectivity index (χ2v) is 7.95. The molecule has 0 bridgehead atoms. The van der Waals surface area contributed by atoms with Gasteiger partial charge in [-0.3, -0.25) is 4.79 Å². The fourth-order valence-electron chi connectivity index (χ4n) is 2.71. The average molecular weight is 376 g/mol. The standard InChI is InChI=1S/C14H16O4.C7H12O2/c1-14(2)10(11(14)12(15)16)8-18-13(17)9-6-4-3-5-7-9;1-5-6(8)9-7(2,3)4/h3-7,10-11H,8H2,1-2H3,(H,15,16);5H,1H2,2-4H3. The molecule has 0 aliphatic heterocycles. The molecule has 0 aromatic heterocycles. The van der Waals surface area contributed by atoms with Crippen molar-refractivity contribution in [1.29, 1.82) is 0 Å². The van der Waals surface area contributed by atoms with Crippen LogP contribution in [-0.4, -0.2) is 35.2 Å². The summed E-state index contributed by atoms with van der Waals surface area (Å²) in [7, 11) is 0. The van der Waals surface area contributed by atoms with Gasteiger partial charge in [0.2, 0.25) is 0 Å². The molecule has 6 heteroatoms. The maximum Gasteiger partial charge on any atom is 0.338 e. The molecule has 6 nitrogen and oxygen atoms in total. The summed E-state index contributed by atoms with van der Waals surface area (Å²) in [6.45, 7) is 12.6. The average Bonchev–Trinajstić information content (AvgIpc) is 3.13. The van der Waals surface area contributed by atoms with E-state index in [1.165, 1.54) is 0 Å². The number of esters is 2. The van der Waals surface area contributed by atoms with E-state index >= 15 is 0 Å². The first kappa shape index (κ1) is 22.4. The van der Waals surface area contributed by atoms with Crippen LogP contribution in [-0.2, 0) is 19.1 Å². The molecule has 0 heterocycles. The molecule has 1 aromatic rings. The van der Waals surface area contributed by atoms with Gasteiger partial charge in [-0.1, -0.05) is 38.6 Å². The predicted molar refractivity (Wildman–Crippen MR) is 101 cm³/mol. The van der Waals surface area contributed by atoms with Gasteiger partial charge in [-0.15, -0.1) is 0 Å². The Labute approximate surface area is 160 Å². The fraction of sp³-hybridized carbons (Fsp3) is 0.476. The van der Waals surface area contributed by atoms with E-state index in [0.717, 1.165) is 6.08 Å². The lowest BCUT2D eigenvalue weighted by Crippen LogP contribution is -2.22. The molecule has 2 rings (SSSR count). The molecule has 27 heavy (non-hydrogen) atoms. The third-order valence-corrected chi connectivity index (χ3v) is 4.29. The normalized spacial score (nSPS) is 19.7. The minimum absolute atomic E-state index is 0.0948. The monoisotopic (exact) mass is 376 g/mol. The zero-order valence-corrected chi connectivity index (χ0v) is 16.5. The Kier molecular flexibility index (Phi) is 7.34. The number of carboxylic acid groups (broad SMARTS) is 1. The van der Waals surface area contributed by atoms with Crippen molar-refractivity contribution >= 4 is 17.9 Å². The van der Waals surface area contributed by atoms with Gasteiger partial charge in [0.1, 0.15) is 5.60 Å². The summed E-state index contributed by atoms with van der Waals surface area (Å²) in [5.41, 5.74) is -0.198. The quantitative estimate of drug-likeness (QED) is 0.622. The van der Waals surface area contributed by atoms with Gasteiger partial charge in [-0.05, 0) is 38.3 Å². The minimum Gasteiger partial charge on any atom is -0.481 e. The van der Waals surface area contributed by atoms with Gasteiger partial charge in [0.15, 0.2) is 0 Å². The second kappa shape index (κ2) is 8.84. The van der Waals surface area contributed by atoms with Crippen molar-refractivity contribution in [2.45, 2.75) is 40.2 Å². The lowest BCUT2D eigenvalue weighted by Gasteiger charge is -2.17. The third kappa shape index (κ3) is 6.89. The Bertz CT molecular complexity index is 684. The van der Waals surface area contributed by atoms with Crippen LogP contribution in [0.3, 0.4) is 0 Å². The fourth-order valence-corrected chi connectivity index (χ4v) is 2.71. The van der Waals surface area contributed by atoms with Crippen molar-refractivity contribution in [3.8, 4) is 0 Å². The van der Waals surface area contributed by atoms with Crippen molar-refractivity contribution in [3.05, 3.63) is 48.6 Å². The van der Waals surface area contributed by atoms with Crippen molar-refractivity contribution in [3.63, 3.8) is 0 Å². The Morgan fingerprint density at radius 3 is 2.11 bits per heavy atom. The van der Waals surface area contributed by atoms with Crippen LogP contribution in [0.15, 0.2) is 43.0 Å². The highest BCUT2D eigenvalue weighted by Crippen LogP contribution is 2.58. The first-order chi connectivity index (χ1) is 12.4. The first-order valence-electron chi connectivity index (χ1n) is 8.70. The zero-order valence-electron chi connectivity index (χ0n) is 16.5. The van der Waals surface area contributed by atoms with Crippen LogP contribution in [0.1, 0.15) is 45.0 Å². The maximum absolute atomic E-state index is 11.7. The van der Waals surface area contributed by atoms with Crippen molar-refractivity contribution in [2.75, 3.05) is 6.61 Å². The van der Waals surface area contributed by atoms with Gasteiger partial charge in [0.25, 0.3) is 0 Å². The number of benzene rings is 1. The Balaban J connectivity index is 0.000000345. The number of carbonyl (C=O) groups is 3. The Hall–Kier alpha value is -2.63. The number of carboxylic acids is 1. The summed E-state index contributed by atoms with van der Waals surface area (Å²) in [6, 6.07) is 8.70. The molecule has 0 saturated heterocycles. The second-order valence-electron chi connectivity index (χ2n) is 7.95. The largest absolute Gasteiger partial charge is 0.481 e. The molecule has 1 aliphatic carbocycles. The summed E-state index contributed by atoms with van der Waals surface area (Å²) < 4.78 is 10.00. The van der Waals surface area contributed by atoms with Crippen LogP contribution in [0.4, 0.5) is 0 Å². The smallest absolute Gasteiger partial charge is 0.338 e. The Morgan fingerprint density at radius 2 is 1.74 bits per heavy atom. The van der Waals surface area contributed by atoms with E-state index in [1.807, 2.05) is 40.7 Å². The molecule has 1 N–H and O–H groups in total. The Morgan fingerprint density at radius 1 is 1.19 bits per heavy atom. The van der Waals surface area contributed by atoms with Crippen LogP contribution in [0.5, 0.6) is 0 Å². The van der Waals surface area contributed by atoms with Crippen molar-refractivity contribution in [1.82, 2.24) is 0 Å².